The maximum atomic E-state index is 12.7. The number of aliphatic hydroxyl groups is 1. The highest BCUT2D eigenvalue weighted by Gasteiger charge is 2.39. The van der Waals surface area contributed by atoms with Crippen LogP contribution < -0.4 is 0 Å². The fourth-order valence-corrected chi connectivity index (χ4v) is 6.84. The van der Waals surface area contributed by atoms with Gasteiger partial charge in [0.25, 0.3) is 0 Å². The highest BCUT2D eigenvalue weighted by molar-refractivity contribution is 7.52. The predicted molar refractivity (Wildman–Crippen MR) is 216 cm³/mol. The summed E-state index contributed by atoms with van der Waals surface area (Å²) in [4.78, 5) is 47.9. The third-order valence-corrected chi connectivity index (χ3v) is 10.5. The molecule has 0 saturated carbocycles. The Labute approximate surface area is 328 Å². The minimum Gasteiger partial charge on any atom is -0.462 e. The van der Waals surface area contributed by atoms with E-state index in [0.717, 1.165) is 77.0 Å². The van der Waals surface area contributed by atoms with E-state index in [0.29, 0.717) is 12.8 Å². The zero-order valence-corrected chi connectivity index (χ0v) is 34.9. The second kappa shape index (κ2) is 38.3. The van der Waals surface area contributed by atoms with Gasteiger partial charge >= 0.3 is 19.5 Å². The summed E-state index contributed by atoms with van der Waals surface area (Å²) in [5, 5.41) is 18.6. The first-order valence-electron chi connectivity index (χ1n) is 21.4. The van der Waals surface area contributed by atoms with Gasteiger partial charge in [0.05, 0.1) is 13.2 Å². The van der Waals surface area contributed by atoms with E-state index < -0.39 is 50.8 Å². The van der Waals surface area contributed by atoms with E-state index in [-0.39, 0.29) is 19.4 Å². The van der Waals surface area contributed by atoms with Gasteiger partial charge in [-0.15, -0.1) is 0 Å². The van der Waals surface area contributed by atoms with Crippen LogP contribution in [0, 0.1) is 0 Å². The number of hydrogen-bond acceptors (Lipinski definition) is 9. The summed E-state index contributed by atoms with van der Waals surface area (Å²) in [5.41, 5.74) is 0. The molecule has 12 heteroatoms. The van der Waals surface area contributed by atoms with Crippen molar-refractivity contribution in [2.45, 2.75) is 212 Å². The molecule has 0 saturated heterocycles. The predicted octanol–water partition coefficient (Wildman–Crippen LogP) is 10.9. The lowest BCUT2D eigenvalue weighted by Crippen LogP contribution is -2.38. The number of carbonyl (C=O) groups is 2. The van der Waals surface area contributed by atoms with Gasteiger partial charge in [-0.1, -0.05) is 141 Å². The van der Waals surface area contributed by atoms with Crippen LogP contribution in [0.2, 0.25) is 0 Å². The molecule has 0 fully saturated rings. The van der Waals surface area contributed by atoms with Gasteiger partial charge in [-0.2, -0.15) is 0 Å². The maximum absolute atomic E-state index is 12.7. The lowest BCUT2D eigenvalue weighted by molar-refractivity contribution is -0.284. The van der Waals surface area contributed by atoms with Crippen LogP contribution >= 0.6 is 7.60 Å². The number of allylic oxidation sites excluding steroid dienone is 4. The van der Waals surface area contributed by atoms with E-state index in [1.165, 1.54) is 77.0 Å². The molecule has 0 aliphatic rings. The van der Waals surface area contributed by atoms with Crippen molar-refractivity contribution in [3.8, 4) is 0 Å². The summed E-state index contributed by atoms with van der Waals surface area (Å²) in [5.74, 6) is -3.10. The minimum absolute atomic E-state index is 0.159. The Morgan fingerprint density at radius 1 is 0.574 bits per heavy atom. The molecule has 0 spiro atoms. The van der Waals surface area contributed by atoms with E-state index in [9.17, 15) is 29.0 Å². The van der Waals surface area contributed by atoms with Crippen molar-refractivity contribution in [2.24, 2.45) is 0 Å². The van der Waals surface area contributed by atoms with Crippen LogP contribution in [-0.4, -0.2) is 70.0 Å². The molecule has 0 rings (SSSR count). The average molecular weight is 791 g/mol. The second-order valence-electron chi connectivity index (χ2n) is 14.6. The van der Waals surface area contributed by atoms with E-state index >= 15 is 0 Å². The summed E-state index contributed by atoms with van der Waals surface area (Å²) in [7, 11) is -5.00. The molecule has 0 aliphatic carbocycles. The molecule has 4 N–H and O–H groups in total. The normalized spacial score (nSPS) is 13.8. The molecule has 0 aromatic carbocycles. The Kier molecular flexibility index (Phi) is 37.2. The van der Waals surface area contributed by atoms with Gasteiger partial charge in [-0.3, -0.25) is 19.4 Å². The van der Waals surface area contributed by atoms with Gasteiger partial charge < -0.3 is 29.1 Å². The summed E-state index contributed by atoms with van der Waals surface area (Å²) < 4.78 is 27.9. The van der Waals surface area contributed by atoms with Crippen LogP contribution in [-0.2, 0) is 33.3 Å². The lowest BCUT2D eigenvalue weighted by atomic mass is 10.1. The summed E-state index contributed by atoms with van der Waals surface area (Å²) in [6, 6.07) is 0. The van der Waals surface area contributed by atoms with Crippen molar-refractivity contribution in [3.05, 3.63) is 24.3 Å². The van der Waals surface area contributed by atoms with Crippen LogP contribution in [0.4, 0.5) is 0 Å². The SMILES string of the molecule is CCCCCCCCC=CCCCCCCCC(=O)OC[C@H](COC(CO)C(OO)P(=O)(O)O)OC(=O)CCCCCCCC=CCCCCCCCC. The number of carbonyl (C=O) groups excluding carboxylic acids is 2. The topological polar surface area (TPSA) is 169 Å². The van der Waals surface area contributed by atoms with Crippen LogP contribution in [0.25, 0.3) is 0 Å². The van der Waals surface area contributed by atoms with Gasteiger partial charge in [0.1, 0.15) is 12.7 Å². The molecule has 3 atom stereocenters. The quantitative estimate of drug-likeness (QED) is 0.0116. The lowest BCUT2D eigenvalue weighted by Gasteiger charge is -2.26. The van der Waals surface area contributed by atoms with Gasteiger partial charge in [0.15, 0.2) is 6.10 Å². The highest BCUT2D eigenvalue weighted by atomic mass is 31.2. The van der Waals surface area contributed by atoms with Crippen LogP contribution in [0.15, 0.2) is 24.3 Å². The molecule has 0 bridgehead atoms. The van der Waals surface area contributed by atoms with Crippen molar-refractivity contribution in [1.82, 2.24) is 0 Å². The average Bonchev–Trinajstić information content (AvgIpc) is 3.14. The molecule has 0 heterocycles. The molecular weight excluding hydrogens is 711 g/mol. The van der Waals surface area contributed by atoms with Gasteiger partial charge in [0.2, 0.25) is 5.85 Å². The molecule has 0 aliphatic heterocycles. The third-order valence-electron chi connectivity index (χ3n) is 9.45. The summed E-state index contributed by atoms with van der Waals surface area (Å²) >= 11 is 0. The Morgan fingerprint density at radius 2 is 0.963 bits per heavy atom. The molecule has 318 valence electrons. The number of unbranched alkanes of at least 4 members (excludes halogenated alkanes) is 22. The van der Waals surface area contributed by atoms with Gasteiger partial charge in [-0.25, -0.2) is 4.89 Å². The van der Waals surface area contributed by atoms with E-state index in [1.54, 1.807) is 0 Å². The van der Waals surface area contributed by atoms with Crippen molar-refractivity contribution in [1.29, 1.82) is 0 Å². The number of aliphatic hydroxyl groups excluding tert-OH is 1. The fraction of sp³-hybridized carbons (Fsp3) is 0.857. The molecule has 0 radical (unpaired) electrons. The van der Waals surface area contributed by atoms with Crippen molar-refractivity contribution in [2.75, 3.05) is 19.8 Å². The molecule has 11 nitrogen and oxygen atoms in total. The molecular formula is C42H79O11P. The summed E-state index contributed by atoms with van der Waals surface area (Å²) in [6.45, 7) is 2.82. The highest BCUT2D eigenvalue weighted by Crippen LogP contribution is 2.43. The first kappa shape index (κ1) is 52.4. The second-order valence-corrected chi connectivity index (χ2v) is 16.3. The molecule has 54 heavy (non-hydrogen) atoms. The van der Waals surface area contributed by atoms with E-state index in [1.807, 2.05) is 0 Å². The van der Waals surface area contributed by atoms with Crippen molar-refractivity contribution >= 4 is 19.5 Å². The molecule has 0 aromatic heterocycles. The Balaban J connectivity index is 4.46. The summed E-state index contributed by atoms with van der Waals surface area (Å²) in [6.07, 6.45) is 36.5. The van der Waals surface area contributed by atoms with Crippen molar-refractivity contribution < 1.29 is 53.4 Å². The van der Waals surface area contributed by atoms with Crippen LogP contribution in [0.5, 0.6) is 0 Å². The minimum atomic E-state index is -5.00. The Morgan fingerprint density at radius 3 is 1.35 bits per heavy atom. The maximum Gasteiger partial charge on any atom is 0.360 e. The molecule has 0 amide bonds. The zero-order valence-electron chi connectivity index (χ0n) is 34.1. The molecule has 2 unspecified atom stereocenters. The number of hydrogen-bond donors (Lipinski definition) is 4. The fourth-order valence-electron chi connectivity index (χ4n) is 6.10. The number of ether oxygens (including phenoxy) is 3. The zero-order chi connectivity index (χ0) is 40.0. The van der Waals surface area contributed by atoms with Crippen LogP contribution in [0.1, 0.15) is 194 Å². The number of rotatable bonds is 40. The smallest absolute Gasteiger partial charge is 0.360 e. The first-order chi connectivity index (χ1) is 26.2. The monoisotopic (exact) mass is 791 g/mol. The largest absolute Gasteiger partial charge is 0.462 e. The molecule has 0 aromatic rings. The van der Waals surface area contributed by atoms with E-state index in [4.69, 9.17) is 19.5 Å². The first-order valence-corrected chi connectivity index (χ1v) is 23.1. The van der Waals surface area contributed by atoms with E-state index in [2.05, 4.69) is 43.0 Å². The van der Waals surface area contributed by atoms with Gasteiger partial charge in [-0.05, 0) is 64.2 Å². The van der Waals surface area contributed by atoms with Crippen molar-refractivity contribution in [3.63, 3.8) is 0 Å². The number of esters is 2. The van der Waals surface area contributed by atoms with Crippen LogP contribution in [0.3, 0.4) is 0 Å². The van der Waals surface area contributed by atoms with Gasteiger partial charge in [0, 0.05) is 12.8 Å². The standard InChI is InChI=1S/C42H79O11P/c1-3-5-7-9-11-13-15-17-19-21-23-25-27-29-31-33-40(44)51-37-38(36-50-39(35-43)42(53-46)54(47,48)49)52-41(45)34-32-30-28-26-24-22-20-18-16-14-12-10-8-6-4-2/h17-20,38-39,42-43,46H,3-16,21-37H2,1-2H3,(H2,47,48,49)/t38-,39?,42?/m0/s1. The Hall–Kier alpha value is -1.59. The Bertz CT molecular complexity index is 968. The third kappa shape index (κ3) is 33.7.